The first kappa shape index (κ1) is 29.4. The van der Waals surface area contributed by atoms with Crippen molar-refractivity contribution in [2.45, 2.75) is 64.4 Å². The normalized spacial score (nSPS) is 15.7. The summed E-state index contributed by atoms with van der Waals surface area (Å²) in [5, 5.41) is 13.4. The Kier molecular flexibility index (Phi) is 9.45. The van der Waals surface area contributed by atoms with Crippen molar-refractivity contribution in [3.8, 4) is 5.75 Å². The summed E-state index contributed by atoms with van der Waals surface area (Å²) in [5.74, 6) is -1.44. The number of carbonyl (C=O) groups is 3. The molecule has 0 aliphatic carbocycles. The summed E-state index contributed by atoms with van der Waals surface area (Å²) < 4.78 is 16.5. The van der Waals surface area contributed by atoms with Gasteiger partial charge in [0.15, 0.2) is 17.6 Å². The molecule has 1 aliphatic rings. The summed E-state index contributed by atoms with van der Waals surface area (Å²) in [6, 6.07) is 25.2. The van der Waals surface area contributed by atoms with Crippen molar-refractivity contribution < 1.29 is 33.7 Å². The summed E-state index contributed by atoms with van der Waals surface area (Å²) in [5.41, 5.74) is 1.50. The van der Waals surface area contributed by atoms with Gasteiger partial charge in [-0.05, 0) is 62.4 Å². The smallest absolute Gasteiger partial charge is 0.408 e. The zero-order valence-electron chi connectivity index (χ0n) is 23.5. The monoisotopic (exact) mass is 557 g/mol. The van der Waals surface area contributed by atoms with E-state index in [9.17, 15) is 19.5 Å². The molecule has 0 saturated heterocycles. The van der Waals surface area contributed by atoms with E-state index in [0.717, 1.165) is 11.1 Å². The molecule has 8 nitrogen and oxygen atoms in total. The number of Topliss-reactive ketones (excluding diaryl/α,β-unsaturated/α-hetero) is 1. The molecule has 214 valence electrons. The van der Waals surface area contributed by atoms with E-state index in [1.807, 2.05) is 60.7 Å². The molecule has 0 spiro atoms. The second-order valence-corrected chi connectivity index (χ2v) is 10.9. The largest absolute Gasteiger partial charge is 0.507 e. The first-order chi connectivity index (χ1) is 19.6. The Hall–Kier alpha value is -4.59. The maximum atomic E-state index is 13.6. The fourth-order valence-electron chi connectivity index (χ4n) is 4.41. The quantitative estimate of drug-likeness (QED) is 0.232. The Morgan fingerprint density at radius 3 is 2.12 bits per heavy atom. The lowest BCUT2D eigenvalue weighted by Gasteiger charge is -2.23. The Morgan fingerprint density at radius 1 is 0.902 bits per heavy atom. The minimum Gasteiger partial charge on any atom is -0.507 e. The summed E-state index contributed by atoms with van der Waals surface area (Å²) in [7, 11) is 0. The van der Waals surface area contributed by atoms with Crippen LogP contribution in [-0.4, -0.2) is 40.7 Å². The van der Waals surface area contributed by atoms with Crippen LogP contribution in [0.25, 0.3) is 0 Å². The predicted octanol–water partition coefficient (Wildman–Crippen LogP) is 5.64. The number of benzene rings is 3. The average molecular weight is 558 g/mol. The van der Waals surface area contributed by atoms with Crippen LogP contribution in [0.1, 0.15) is 43.9 Å². The molecule has 1 heterocycles. The Labute approximate surface area is 239 Å². The number of hydrogen-bond donors (Lipinski definition) is 2. The van der Waals surface area contributed by atoms with Gasteiger partial charge in [-0.15, -0.1) is 0 Å². The van der Waals surface area contributed by atoms with Crippen molar-refractivity contribution in [3.63, 3.8) is 0 Å². The number of hydrogen-bond acceptors (Lipinski definition) is 7. The Bertz CT molecular complexity index is 1380. The molecule has 1 aliphatic heterocycles. The van der Waals surface area contributed by atoms with Crippen LogP contribution in [0.3, 0.4) is 0 Å². The van der Waals surface area contributed by atoms with E-state index in [4.69, 9.17) is 14.2 Å². The first-order valence-electron chi connectivity index (χ1n) is 13.6. The van der Waals surface area contributed by atoms with Crippen molar-refractivity contribution >= 4 is 17.8 Å². The van der Waals surface area contributed by atoms with Gasteiger partial charge in [0.2, 0.25) is 0 Å². The number of carbonyl (C=O) groups excluding carboxylic acids is 3. The molecule has 3 aromatic carbocycles. The zero-order chi connectivity index (χ0) is 29.4. The Balaban J connectivity index is 1.48. The van der Waals surface area contributed by atoms with E-state index in [-0.39, 0.29) is 6.42 Å². The molecule has 2 unspecified atom stereocenters. The fourth-order valence-corrected chi connectivity index (χ4v) is 4.41. The summed E-state index contributed by atoms with van der Waals surface area (Å²) in [6.07, 6.45) is -0.846. The SMILES string of the molecule is CC(C)(C)OC(=O)NC(Cc1ccc(OCc2ccccc2)cc1)C(=O)C1=C(O)C(CCc2ccccc2)OC1=O. The molecule has 0 aromatic heterocycles. The maximum Gasteiger partial charge on any atom is 0.408 e. The van der Waals surface area contributed by atoms with E-state index in [0.29, 0.717) is 30.8 Å². The molecule has 41 heavy (non-hydrogen) atoms. The molecule has 0 fully saturated rings. The highest BCUT2D eigenvalue weighted by atomic mass is 16.6. The average Bonchev–Trinajstić information content (AvgIpc) is 3.23. The van der Waals surface area contributed by atoms with Gasteiger partial charge in [-0.25, -0.2) is 9.59 Å². The molecule has 1 amide bonds. The molecular weight excluding hydrogens is 522 g/mol. The number of aryl methyl sites for hydroxylation is 1. The van der Waals surface area contributed by atoms with E-state index in [2.05, 4.69) is 5.32 Å². The summed E-state index contributed by atoms with van der Waals surface area (Å²) >= 11 is 0. The van der Waals surface area contributed by atoms with Gasteiger partial charge in [-0.3, -0.25) is 4.79 Å². The summed E-state index contributed by atoms with van der Waals surface area (Å²) in [6.45, 7) is 5.52. The van der Waals surface area contributed by atoms with Crippen molar-refractivity contribution in [1.29, 1.82) is 0 Å². The lowest BCUT2D eigenvalue weighted by molar-refractivity contribution is -0.141. The number of amides is 1. The number of esters is 1. The van der Waals surface area contributed by atoms with Crippen molar-refractivity contribution in [3.05, 3.63) is 113 Å². The van der Waals surface area contributed by atoms with Crippen LogP contribution < -0.4 is 10.1 Å². The van der Waals surface area contributed by atoms with E-state index in [1.54, 1.807) is 45.0 Å². The van der Waals surface area contributed by atoms with Gasteiger partial charge in [0.25, 0.3) is 0 Å². The minimum absolute atomic E-state index is 0.0514. The molecule has 0 saturated carbocycles. The van der Waals surface area contributed by atoms with Gasteiger partial charge in [0.05, 0.1) is 6.04 Å². The lowest BCUT2D eigenvalue weighted by atomic mass is 9.96. The number of cyclic esters (lactones) is 1. The molecule has 3 aromatic rings. The van der Waals surface area contributed by atoms with Gasteiger partial charge < -0.3 is 24.6 Å². The summed E-state index contributed by atoms with van der Waals surface area (Å²) in [4.78, 5) is 39.0. The number of aliphatic hydroxyl groups is 1. The first-order valence-corrected chi connectivity index (χ1v) is 13.6. The van der Waals surface area contributed by atoms with Crippen molar-refractivity contribution in [1.82, 2.24) is 5.32 Å². The van der Waals surface area contributed by atoms with Gasteiger partial charge in [-0.2, -0.15) is 0 Å². The lowest BCUT2D eigenvalue weighted by Crippen LogP contribution is -2.46. The van der Waals surface area contributed by atoms with Crippen LogP contribution in [0, 0.1) is 0 Å². The highest BCUT2D eigenvalue weighted by Crippen LogP contribution is 2.27. The van der Waals surface area contributed by atoms with Gasteiger partial charge in [-0.1, -0.05) is 72.8 Å². The third-order valence-corrected chi connectivity index (χ3v) is 6.42. The van der Waals surface area contributed by atoms with Crippen LogP contribution in [-0.2, 0) is 38.5 Å². The number of ether oxygens (including phenoxy) is 3. The highest BCUT2D eigenvalue weighted by Gasteiger charge is 2.41. The molecule has 2 atom stereocenters. The topological polar surface area (TPSA) is 111 Å². The number of ketones is 1. The van der Waals surface area contributed by atoms with Crippen LogP contribution in [0.15, 0.2) is 96.3 Å². The van der Waals surface area contributed by atoms with E-state index < -0.39 is 46.9 Å². The van der Waals surface area contributed by atoms with Gasteiger partial charge >= 0.3 is 12.1 Å². The van der Waals surface area contributed by atoms with Crippen LogP contribution >= 0.6 is 0 Å². The van der Waals surface area contributed by atoms with Crippen molar-refractivity contribution in [2.24, 2.45) is 0 Å². The fraction of sp³-hybridized carbons (Fsp3) is 0.303. The third kappa shape index (κ3) is 8.45. The van der Waals surface area contributed by atoms with Crippen LogP contribution in [0.5, 0.6) is 5.75 Å². The van der Waals surface area contributed by atoms with Gasteiger partial charge in [0.1, 0.15) is 23.5 Å². The molecule has 0 bridgehead atoms. The molecule has 0 radical (unpaired) electrons. The van der Waals surface area contributed by atoms with Gasteiger partial charge in [0, 0.05) is 6.42 Å². The standard InChI is InChI=1S/C33H35NO7/c1-33(2,3)41-32(38)34-26(20-23-14-17-25(18-15-23)39-21-24-12-8-5-9-13-24)29(35)28-30(36)27(40-31(28)37)19-16-22-10-6-4-7-11-22/h4-15,17-18,26-27,36H,16,19-21H2,1-3H3,(H,34,38). The molecule has 2 N–H and O–H groups in total. The molecule has 8 heteroatoms. The second kappa shape index (κ2) is 13.2. The molecule has 4 rings (SSSR count). The van der Waals surface area contributed by atoms with Crippen LogP contribution in [0.2, 0.25) is 0 Å². The van der Waals surface area contributed by atoms with Crippen molar-refractivity contribution in [2.75, 3.05) is 0 Å². The second-order valence-electron chi connectivity index (χ2n) is 10.9. The highest BCUT2D eigenvalue weighted by molar-refractivity contribution is 6.21. The number of alkyl carbamates (subject to hydrolysis) is 1. The third-order valence-electron chi connectivity index (χ3n) is 6.42. The zero-order valence-corrected chi connectivity index (χ0v) is 23.5. The predicted molar refractivity (Wildman–Crippen MR) is 153 cm³/mol. The Morgan fingerprint density at radius 2 is 1.51 bits per heavy atom. The molecular formula is C33H35NO7. The number of nitrogens with one attached hydrogen (secondary N) is 1. The van der Waals surface area contributed by atoms with E-state index in [1.165, 1.54) is 0 Å². The number of rotatable bonds is 11. The van der Waals surface area contributed by atoms with Crippen LogP contribution in [0.4, 0.5) is 4.79 Å². The minimum atomic E-state index is -1.18. The maximum absolute atomic E-state index is 13.6. The number of aliphatic hydroxyl groups excluding tert-OH is 1. The van der Waals surface area contributed by atoms with E-state index >= 15 is 0 Å².